The number of thiophene rings is 1. The summed E-state index contributed by atoms with van der Waals surface area (Å²) in [6, 6.07) is 16.3. The van der Waals surface area contributed by atoms with Crippen LogP contribution in [0.4, 0.5) is 5.69 Å². The minimum Gasteiger partial charge on any atom is -0.369 e. The molecule has 190 valence electrons. The molecule has 0 saturated carbocycles. The quantitative estimate of drug-likeness (QED) is 0.232. The molecule has 8 aromatic rings. The molecule has 7 heterocycles. The smallest absolute Gasteiger partial charge is 0.148 e. The van der Waals surface area contributed by atoms with Crippen LogP contribution in [0.2, 0.25) is 0 Å². The number of anilines is 1. The number of aromatic nitrogens is 7. The molecular formula is C31H20N8S. The summed E-state index contributed by atoms with van der Waals surface area (Å²) in [4.78, 5) is 35.7. The average molecular weight is 537 g/mol. The van der Waals surface area contributed by atoms with Crippen LogP contribution in [0.5, 0.6) is 0 Å². The number of H-pyrrole nitrogens is 2. The van der Waals surface area contributed by atoms with Gasteiger partial charge in [-0.1, -0.05) is 12.2 Å². The van der Waals surface area contributed by atoms with E-state index in [4.69, 9.17) is 15.0 Å². The summed E-state index contributed by atoms with van der Waals surface area (Å²) in [7, 11) is 2.10. The number of nitrogens with zero attached hydrogens (tertiary/aromatic N) is 6. The maximum absolute atomic E-state index is 5.11. The summed E-state index contributed by atoms with van der Waals surface area (Å²) in [5.41, 5.74) is 8.80. The zero-order valence-electron chi connectivity index (χ0n) is 21.3. The van der Waals surface area contributed by atoms with E-state index >= 15 is 0 Å². The fourth-order valence-electron chi connectivity index (χ4n) is 5.93. The average Bonchev–Trinajstić information content (AvgIpc) is 3.76. The molecule has 2 aromatic carbocycles. The van der Waals surface area contributed by atoms with E-state index in [1.807, 2.05) is 30.6 Å². The highest BCUT2D eigenvalue weighted by molar-refractivity contribution is 7.18. The Morgan fingerprint density at radius 3 is 1.98 bits per heavy atom. The third-order valence-corrected chi connectivity index (χ3v) is 8.80. The molecule has 0 spiro atoms. The predicted octanol–water partition coefficient (Wildman–Crippen LogP) is 6.94. The number of imidazole rings is 2. The number of fused-ring (bicyclic) bond motifs is 12. The lowest BCUT2D eigenvalue weighted by atomic mass is 10.0. The molecule has 8 nitrogen and oxygen atoms in total. The van der Waals surface area contributed by atoms with Gasteiger partial charge in [0.15, 0.2) is 0 Å². The first-order chi connectivity index (χ1) is 19.7. The summed E-state index contributed by atoms with van der Waals surface area (Å²) >= 11 is 1.66. The van der Waals surface area contributed by atoms with Gasteiger partial charge in [-0.25, -0.2) is 9.97 Å². The second kappa shape index (κ2) is 7.93. The van der Waals surface area contributed by atoms with Gasteiger partial charge in [0.05, 0.1) is 54.1 Å². The summed E-state index contributed by atoms with van der Waals surface area (Å²) in [6.45, 7) is 0.851. The Kier molecular flexibility index (Phi) is 4.31. The number of pyridine rings is 3. The van der Waals surface area contributed by atoms with Crippen LogP contribution >= 0.6 is 11.3 Å². The zero-order valence-corrected chi connectivity index (χ0v) is 22.1. The molecule has 2 N–H and O–H groups in total. The molecule has 0 aliphatic carbocycles. The van der Waals surface area contributed by atoms with E-state index < -0.39 is 0 Å². The van der Waals surface area contributed by atoms with Gasteiger partial charge in [0.25, 0.3) is 0 Å². The first-order valence-corrected chi connectivity index (χ1v) is 13.9. The van der Waals surface area contributed by atoms with Crippen LogP contribution in [-0.2, 0) is 0 Å². The largest absolute Gasteiger partial charge is 0.369 e. The molecule has 0 fully saturated rings. The van der Waals surface area contributed by atoms with Gasteiger partial charge in [0.2, 0.25) is 0 Å². The fraction of sp³-hybridized carbons (Fsp3) is 0.0645. The van der Waals surface area contributed by atoms with Crippen molar-refractivity contribution in [2.75, 3.05) is 18.5 Å². The minimum atomic E-state index is 0.820. The molecule has 0 radical (unpaired) electrons. The molecule has 40 heavy (non-hydrogen) atoms. The Morgan fingerprint density at radius 2 is 1.25 bits per heavy atom. The van der Waals surface area contributed by atoms with Crippen molar-refractivity contribution in [2.45, 2.75) is 0 Å². The van der Waals surface area contributed by atoms with Crippen molar-refractivity contribution in [3.05, 3.63) is 78.8 Å². The summed E-state index contributed by atoms with van der Waals surface area (Å²) < 4.78 is 0. The second-order valence-electron chi connectivity index (χ2n) is 10.0. The highest BCUT2D eigenvalue weighted by Crippen LogP contribution is 2.41. The van der Waals surface area contributed by atoms with Crippen LogP contribution in [0.25, 0.3) is 82.3 Å². The first kappa shape index (κ1) is 21.7. The van der Waals surface area contributed by atoms with Gasteiger partial charge in [-0.05, 0) is 48.5 Å². The lowest BCUT2D eigenvalue weighted by molar-refractivity contribution is 1.02. The molecule has 0 saturated heterocycles. The predicted molar refractivity (Wildman–Crippen MR) is 163 cm³/mol. The van der Waals surface area contributed by atoms with Crippen LogP contribution in [0, 0.1) is 0 Å². The molecule has 0 atom stereocenters. The number of hydrogen-bond acceptors (Lipinski definition) is 7. The van der Waals surface area contributed by atoms with Crippen molar-refractivity contribution in [1.82, 2.24) is 34.9 Å². The van der Waals surface area contributed by atoms with E-state index in [-0.39, 0.29) is 0 Å². The second-order valence-corrected chi connectivity index (χ2v) is 11.1. The lowest BCUT2D eigenvalue weighted by Crippen LogP contribution is -2.21. The summed E-state index contributed by atoms with van der Waals surface area (Å²) in [5, 5.41) is 3.08. The van der Waals surface area contributed by atoms with Crippen LogP contribution in [0.3, 0.4) is 0 Å². The monoisotopic (exact) mass is 536 g/mol. The fourth-order valence-corrected chi connectivity index (χ4v) is 6.83. The van der Waals surface area contributed by atoms with Crippen molar-refractivity contribution in [3.63, 3.8) is 0 Å². The lowest BCUT2D eigenvalue weighted by Gasteiger charge is -2.25. The molecule has 9 heteroatoms. The summed E-state index contributed by atoms with van der Waals surface area (Å²) in [5.74, 6) is 1.66. The van der Waals surface area contributed by atoms with Crippen LogP contribution in [-0.4, -0.2) is 48.5 Å². The Hall–Kier alpha value is -5.15. The Bertz CT molecular complexity index is 2270. The third kappa shape index (κ3) is 2.92. The van der Waals surface area contributed by atoms with Crippen molar-refractivity contribution in [2.24, 2.45) is 0 Å². The van der Waals surface area contributed by atoms with E-state index in [1.54, 1.807) is 17.5 Å². The SMILES string of the molecule is CN1CC=Cc2c1c1ncccc1c1[nH]c(-c3ccc(-c4nc5c6cccnc6c6ncccc6c5[nH]4)s3)nc21. The van der Waals surface area contributed by atoms with Crippen molar-refractivity contribution in [3.8, 4) is 21.4 Å². The van der Waals surface area contributed by atoms with Gasteiger partial charge in [-0.15, -0.1) is 11.3 Å². The van der Waals surface area contributed by atoms with Gasteiger partial charge in [-0.2, -0.15) is 0 Å². The van der Waals surface area contributed by atoms with Gasteiger partial charge in [0.1, 0.15) is 11.6 Å². The highest BCUT2D eigenvalue weighted by atomic mass is 32.1. The molecule has 0 unspecified atom stereocenters. The maximum atomic E-state index is 5.11. The van der Waals surface area contributed by atoms with Crippen LogP contribution in [0.1, 0.15) is 5.56 Å². The van der Waals surface area contributed by atoms with Gasteiger partial charge in [0, 0.05) is 53.9 Å². The number of hydrogen-bond donors (Lipinski definition) is 2. The molecule has 1 aliphatic rings. The molecule has 6 aromatic heterocycles. The Labute approximate surface area is 231 Å². The van der Waals surface area contributed by atoms with Gasteiger partial charge < -0.3 is 14.9 Å². The molecule has 0 amide bonds. The van der Waals surface area contributed by atoms with Gasteiger partial charge >= 0.3 is 0 Å². The molecule has 9 rings (SSSR count). The van der Waals surface area contributed by atoms with E-state index in [2.05, 4.69) is 74.4 Å². The number of likely N-dealkylation sites (N-methyl/N-ethyl adjacent to an activating group) is 1. The zero-order chi connectivity index (χ0) is 26.4. The number of benzene rings is 2. The number of rotatable bonds is 2. The van der Waals surface area contributed by atoms with E-state index in [0.29, 0.717) is 0 Å². The van der Waals surface area contributed by atoms with Crippen molar-refractivity contribution in [1.29, 1.82) is 0 Å². The first-order valence-electron chi connectivity index (χ1n) is 13.0. The van der Waals surface area contributed by atoms with Crippen LogP contribution < -0.4 is 4.90 Å². The van der Waals surface area contributed by atoms with E-state index in [9.17, 15) is 0 Å². The summed E-state index contributed by atoms with van der Waals surface area (Å²) in [6.07, 6.45) is 9.81. The topological polar surface area (TPSA) is 99.3 Å². The van der Waals surface area contributed by atoms with Gasteiger partial charge in [-0.3, -0.25) is 15.0 Å². The third-order valence-electron chi connectivity index (χ3n) is 7.70. The highest BCUT2D eigenvalue weighted by Gasteiger charge is 2.23. The van der Waals surface area contributed by atoms with Crippen molar-refractivity contribution >= 4 is 77.9 Å². The standard InChI is InChI=1S/C31H20N8S/c1-39-15-5-9-19-27-26(18-8-4-14-34-28(18)29(19)39)37-31(38-27)21-11-10-20(40-21)30-35-24-16-6-2-12-32-22(16)23-17(25(24)36-30)7-3-13-33-23/h2-14H,15H2,1H3,(H,35,36)(H,37,38). The Balaban J connectivity index is 1.23. The van der Waals surface area contributed by atoms with E-state index in [1.165, 1.54) is 0 Å². The molecule has 1 aliphatic heterocycles. The normalized spacial score (nSPS) is 13.4. The van der Waals surface area contributed by atoms with Crippen molar-refractivity contribution < 1.29 is 0 Å². The number of nitrogens with one attached hydrogen (secondary N) is 2. The minimum absolute atomic E-state index is 0.820. The van der Waals surface area contributed by atoms with Crippen LogP contribution in [0.15, 0.2) is 73.2 Å². The molecule has 0 bridgehead atoms. The van der Waals surface area contributed by atoms with E-state index in [0.717, 1.165) is 94.0 Å². The molecular weight excluding hydrogens is 516 g/mol. The maximum Gasteiger partial charge on any atom is 0.148 e. The number of aromatic amines is 2. The Morgan fingerprint density at radius 1 is 0.675 bits per heavy atom.